The summed E-state index contributed by atoms with van der Waals surface area (Å²) in [4.78, 5) is 2.78. The molecule has 0 saturated heterocycles. The molecule has 2 nitrogen and oxygen atoms in total. The van der Waals surface area contributed by atoms with Crippen molar-refractivity contribution in [1.82, 2.24) is 10.2 Å². The largest absolute Gasteiger partial charge is 0.314 e. The van der Waals surface area contributed by atoms with Gasteiger partial charge >= 0.3 is 0 Å². The maximum absolute atomic E-state index is 3.73. The fourth-order valence-electron chi connectivity index (χ4n) is 3.57. The minimum Gasteiger partial charge on any atom is -0.314 e. The lowest BCUT2D eigenvalue weighted by atomic mass is 9.83. The lowest BCUT2D eigenvalue weighted by Gasteiger charge is -2.40. The quantitative estimate of drug-likeness (QED) is 0.747. The minimum atomic E-state index is 0.791. The standard InChI is InChI=1S/C16H32N2/c1-3-11-17-15-9-6-10-16(12-15)18(4-2)13-14-7-5-8-14/h14-17H,3-13H2,1-2H3. The molecular weight excluding hydrogens is 220 g/mol. The lowest BCUT2D eigenvalue weighted by Crippen LogP contribution is -2.46. The van der Waals surface area contributed by atoms with Crippen LogP contribution in [0.2, 0.25) is 0 Å². The summed E-state index contributed by atoms with van der Waals surface area (Å²) in [7, 11) is 0. The second kappa shape index (κ2) is 7.49. The van der Waals surface area contributed by atoms with Crippen molar-refractivity contribution in [2.75, 3.05) is 19.6 Å². The van der Waals surface area contributed by atoms with E-state index in [1.807, 2.05) is 0 Å². The second-order valence-corrected chi connectivity index (χ2v) is 6.36. The fourth-order valence-corrected chi connectivity index (χ4v) is 3.57. The summed E-state index contributed by atoms with van der Waals surface area (Å²) < 4.78 is 0. The Morgan fingerprint density at radius 2 is 1.83 bits per heavy atom. The number of hydrogen-bond acceptors (Lipinski definition) is 2. The van der Waals surface area contributed by atoms with Gasteiger partial charge in [0.15, 0.2) is 0 Å². The van der Waals surface area contributed by atoms with Crippen LogP contribution in [0.3, 0.4) is 0 Å². The van der Waals surface area contributed by atoms with Gasteiger partial charge in [-0.15, -0.1) is 0 Å². The van der Waals surface area contributed by atoms with Gasteiger partial charge < -0.3 is 10.2 Å². The van der Waals surface area contributed by atoms with E-state index >= 15 is 0 Å². The van der Waals surface area contributed by atoms with Crippen LogP contribution < -0.4 is 5.32 Å². The number of nitrogens with one attached hydrogen (secondary N) is 1. The predicted octanol–water partition coefficient (Wildman–Crippen LogP) is 3.42. The summed E-state index contributed by atoms with van der Waals surface area (Å²) in [6.07, 6.45) is 11.4. The first-order valence-electron chi connectivity index (χ1n) is 8.30. The third-order valence-corrected chi connectivity index (χ3v) is 4.97. The van der Waals surface area contributed by atoms with E-state index in [2.05, 4.69) is 24.1 Å². The summed E-state index contributed by atoms with van der Waals surface area (Å²) >= 11 is 0. The van der Waals surface area contributed by atoms with Crippen LogP contribution in [0.15, 0.2) is 0 Å². The summed E-state index contributed by atoms with van der Waals surface area (Å²) in [6, 6.07) is 1.65. The number of rotatable bonds is 7. The maximum Gasteiger partial charge on any atom is 0.0110 e. The van der Waals surface area contributed by atoms with Crippen molar-refractivity contribution in [3.8, 4) is 0 Å². The molecule has 0 radical (unpaired) electrons. The Labute approximate surface area is 114 Å². The number of hydrogen-bond donors (Lipinski definition) is 1. The Hall–Kier alpha value is -0.0800. The molecule has 0 heterocycles. The van der Waals surface area contributed by atoms with Crippen LogP contribution in [0.25, 0.3) is 0 Å². The molecule has 2 aliphatic carbocycles. The molecule has 2 fully saturated rings. The van der Waals surface area contributed by atoms with Crippen molar-refractivity contribution in [2.24, 2.45) is 5.92 Å². The highest BCUT2D eigenvalue weighted by atomic mass is 15.2. The zero-order valence-corrected chi connectivity index (χ0v) is 12.5. The second-order valence-electron chi connectivity index (χ2n) is 6.36. The van der Waals surface area contributed by atoms with Crippen LogP contribution >= 0.6 is 0 Å². The predicted molar refractivity (Wildman–Crippen MR) is 78.9 cm³/mol. The van der Waals surface area contributed by atoms with E-state index in [0.717, 1.165) is 18.0 Å². The third-order valence-electron chi connectivity index (χ3n) is 4.97. The smallest absolute Gasteiger partial charge is 0.0110 e. The minimum absolute atomic E-state index is 0.791. The van der Waals surface area contributed by atoms with E-state index in [0.29, 0.717) is 0 Å². The molecule has 2 saturated carbocycles. The zero-order chi connectivity index (χ0) is 12.8. The first-order valence-corrected chi connectivity index (χ1v) is 8.30. The van der Waals surface area contributed by atoms with Crippen molar-refractivity contribution in [1.29, 1.82) is 0 Å². The van der Waals surface area contributed by atoms with Gasteiger partial charge in [-0.05, 0) is 57.5 Å². The third kappa shape index (κ3) is 3.96. The van der Waals surface area contributed by atoms with Gasteiger partial charge in [-0.2, -0.15) is 0 Å². The van der Waals surface area contributed by atoms with E-state index in [9.17, 15) is 0 Å². The molecule has 106 valence electrons. The highest BCUT2D eigenvalue weighted by Crippen LogP contribution is 2.30. The lowest BCUT2D eigenvalue weighted by molar-refractivity contribution is 0.103. The van der Waals surface area contributed by atoms with Crippen molar-refractivity contribution in [3.63, 3.8) is 0 Å². The SMILES string of the molecule is CCCNC1CCCC(N(CC)CC2CCC2)C1. The monoisotopic (exact) mass is 252 g/mol. The summed E-state index contributed by atoms with van der Waals surface area (Å²) in [5.74, 6) is 1.02. The highest BCUT2D eigenvalue weighted by molar-refractivity contribution is 4.85. The Morgan fingerprint density at radius 3 is 2.44 bits per heavy atom. The summed E-state index contributed by atoms with van der Waals surface area (Å²) in [5.41, 5.74) is 0. The van der Waals surface area contributed by atoms with Crippen LogP contribution in [0.4, 0.5) is 0 Å². The molecule has 0 aromatic rings. The summed E-state index contributed by atoms with van der Waals surface area (Å²) in [6.45, 7) is 8.44. The van der Waals surface area contributed by atoms with E-state index < -0.39 is 0 Å². The molecule has 0 aromatic heterocycles. The average Bonchev–Trinajstić information content (AvgIpc) is 2.36. The van der Waals surface area contributed by atoms with Gasteiger partial charge in [0, 0.05) is 18.6 Å². The highest BCUT2D eigenvalue weighted by Gasteiger charge is 2.28. The van der Waals surface area contributed by atoms with Gasteiger partial charge in [0.1, 0.15) is 0 Å². The van der Waals surface area contributed by atoms with E-state index in [1.165, 1.54) is 71.0 Å². The molecule has 0 spiro atoms. The Morgan fingerprint density at radius 1 is 1.06 bits per heavy atom. The van der Waals surface area contributed by atoms with Crippen molar-refractivity contribution in [3.05, 3.63) is 0 Å². The average molecular weight is 252 g/mol. The van der Waals surface area contributed by atoms with Crippen molar-refractivity contribution < 1.29 is 0 Å². The van der Waals surface area contributed by atoms with E-state index in [1.54, 1.807) is 0 Å². The van der Waals surface area contributed by atoms with Crippen molar-refractivity contribution in [2.45, 2.75) is 77.3 Å². The molecule has 0 aromatic carbocycles. The maximum atomic E-state index is 3.73. The van der Waals surface area contributed by atoms with Crippen molar-refractivity contribution >= 4 is 0 Å². The van der Waals surface area contributed by atoms with Gasteiger partial charge in [-0.1, -0.05) is 26.7 Å². The summed E-state index contributed by atoms with van der Waals surface area (Å²) in [5, 5.41) is 3.73. The Bertz CT molecular complexity index is 225. The fraction of sp³-hybridized carbons (Fsp3) is 1.00. The molecular formula is C16H32N2. The molecule has 2 aliphatic rings. The van der Waals surface area contributed by atoms with Gasteiger partial charge in [-0.25, -0.2) is 0 Å². The first-order chi connectivity index (χ1) is 8.83. The molecule has 2 atom stereocenters. The molecule has 2 rings (SSSR count). The Kier molecular flexibility index (Phi) is 5.97. The molecule has 0 amide bonds. The van der Waals surface area contributed by atoms with Gasteiger partial charge in [0.05, 0.1) is 0 Å². The van der Waals surface area contributed by atoms with E-state index in [-0.39, 0.29) is 0 Å². The normalized spacial score (nSPS) is 29.5. The Balaban J connectivity index is 1.77. The van der Waals surface area contributed by atoms with Gasteiger partial charge in [-0.3, -0.25) is 0 Å². The first kappa shape index (κ1) is 14.3. The van der Waals surface area contributed by atoms with Crippen LogP contribution in [-0.4, -0.2) is 36.6 Å². The van der Waals surface area contributed by atoms with Crippen LogP contribution in [-0.2, 0) is 0 Å². The zero-order valence-electron chi connectivity index (χ0n) is 12.5. The molecule has 0 bridgehead atoms. The molecule has 0 aliphatic heterocycles. The van der Waals surface area contributed by atoms with Crippen LogP contribution in [0.5, 0.6) is 0 Å². The molecule has 2 unspecified atom stereocenters. The number of nitrogens with zero attached hydrogens (tertiary/aromatic N) is 1. The molecule has 18 heavy (non-hydrogen) atoms. The van der Waals surface area contributed by atoms with Crippen LogP contribution in [0.1, 0.15) is 65.2 Å². The van der Waals surface area contributed by atoms with Crippen LogP contribution in [0, 0.1) is 5.92 Å². The van der Waals surface area contributed by atoms with Gasteiger partial charge in [0.25, 0.3) is 0 Å². The topological polar surface area (TPSA) is 15.3 Å². The van der Waals surface area contributed by atoms with Gasteiger partial charge in [0.2, 0.25) is 0 Å². The molecule has 2 heteroatoms. The molecule has 1 N–H and O–H groups in total. The van der Waals surface area contributed by atoms with E-state index in [4.69, 9.17) is 0 Å².